The first-order chi connectivity index (χ1) is 6.09. The number of benzene rings is 1. The highest BCUT2D eigenvalue weighted by Crippen LogP contribution is 2.24. The Morgan fingerprint density at radius 1 is 1.23 bits per heavy atom. The van der Waals surface area contributed by atoms with Crippen LogP contribution in [0.1, 0.15) is 0 Å². The van der Waals surface area contributed by atoms with Crippen molar-refractivity contribution in [1.29, 1.82) is 0 Å². The first-order valence-corrected chi connectivity index (χ1v) is 4.88. The second kappa shape index (κ2) is 2.56. The average Bonchev–Trinajstić information content (AvgIpc) is 2.48. The maximum Gasteiger partial charge on any atom is 0.335 e. The Morgan fingerprint density at radius 2 is 2.00 bits per heavy atom. The number of para-hydroxylation sites is 1. The van der Waals surface area contributed by atoms with Gasteiger partial charge in [-0.25, -0.2) is 0 Å². The molecule has 1 aromatic heterocycles. The van der Waals surface area contributed by atoms with Crippen LogP contribution in [0.2, 0.25) is 0 Å². The molecule has 0 radical (unpaired) electrons. The lowest BCUT2D eigenvalue weighted by molar-refractivity contribution is 0.547. The summed E-state index contributed by atoms with van der Waals surface area (Å²) in [6, 6.07) is 5.85. The Labute approximate surface area is 74.0 Å². The van der Waals surface area contributed by atoms with Gasteiger partial charge in [0, 0.05) is 5.39 Å². The summed E-state index contributed by atoms with van der Waals surface area (Å²) in [5, 5.41) is 0.568. The third-order valence-corrected chi connectivity index (χ3v) is 2.55. The fourth-order valence-corrected chi connectivity index (χ4v) is 1.79. The molecule has 0 amide bonds. The molecule has 0 aliphatic carbocycles. The maximum absolute atomic E-state index is 12.6. The molecule has 0 aliphatic rings. The van der Waals surface area contributed by atoms with Gasteiger partial charge in [0.25, 0.3) is 0 Å². The molecule has 2 aromatic rings. The number of halogens is 1. The number of furan rings is 1. The molecule has 0 fully saturated rings. The molecule has 2 rings (SSSR count). The Hall–Kier alpha value is -1.36. The zero-order chi connectivity index (χ0) is 9.47. The van der Waals surface area contributed by atoms with Gasteiger partial charge in [-0.1, -0.05) is 12.1 Å². The Balaban J connectivity index is 2.91. The minimum atomic E-state index is -4.69. The molecule has 0 saturated heterocycles. The van der Waals surface area contributed by atoms with E-state index in [0.717, 1.165) is 0 Å². The van der Waals surface area contributed by atoms with Gasteiger partial charge in [-0.2, -0.15) is 8.42 Å². The first kappa shape index (κ1) is 8.25. The standard InChI is InChI=1S/C8H5FO3S/c9-13(10,11)7-3-1-2-6-4-5-12-8(6)7/h1-5H. The van der Waals surface area contributed by atoms with Crippen LogP contribution in [0.3, 0.4) is 0 Å². The van der Waals surface area contributed by atoms with E-state index in [1.54, 1.807) is 12.1 Å². The lowest BCUT2D eigenvalue weighted by Crippen LogP contribution is -1.91. The molecule has 5 heteroatoms. The molecular weight excluding hydrogens is 195 g/mol. The second-order valence-electron chi connectivity index (χ2n) is 2.53. The van der Waals surface area contributed by atoms with Crippen molar-refractivity contribution in [3.8, 4) is 0 Å². The molecule has 0 spiro atoms. The van der Waals surface area contributed by atoms with E-state index in [9.17, 15) is 12.3 Å². The van der Waals surface area contributed by atoms with Gasteiger partial charge in [-0.15, -0.1) is 3.89 Å². The van der Waals surface area contributed by atoms with Crippen molar-refractivity contribution in [2.75, 3.05) is 0 Å². The molecule has 0 aliphatic heterocycles. The molecule has 0 N–H and O–H groups in total. The minimum absolute atomic E-state index is 0.0602. The summed E-state index contributed by atoms with van der Waals surface area (Å²) < 4.78 is 38.7. The molecule has 1 heterocycles. The van der Waals surface area contributed by atoms with Crippen molar-refractivity contribution in [3.63, 3.8) is 0 Å². The molecule has 0 saturated carbocycles. The summed E-state index contributed by atoms with van der Waals surface area (Å²) in [7, 11) is -4.69. The van der Waals surface area contributed by atoms with Gasteiger partial charge in [-0.05, 0) is 12.1 Å². The van der Waals surface area contributed by atoms with Crippen molar-refractivity contribution >= 4 is 21.2 Å². The monoisotopic (exact) mass is 200 g/mol. The van der Waals surface area contributed by atoms with Crippen LogP contribution in [-0.4, -0.2) is 8.42 Å². The highest BCUT2D eigenvalue weighted by atomic mass is 32.3. The fraction of sp³-hybridized carbons (Fsp3) is 0. The van der Waals surface area contributed by atoms with E-state index in [-0.39, 0.29) is 5.58 Å². The van der Waals surface area contributed by atoms with Gasteiger partial charge in [0.15, 0.2) is 5.58 Å². The van der Waals surface area contributed by atoms with Crippen LogP contribution in [0.25, 0.3) is 11.0 Å². The fourth-order valence-electron chi connectivity index (χ4n) is 1.16. The van der Waals surface area contributed by atoms with Crippen molar-refractivity contribution in [2.45, 2.75) is 4.90 Å². The molecule has 1 aromatic carbocycles. The highest BCUT2D eigenvalue weighted by molar-refractivity contribution is 7.86. The normalized spacial score (nSPS) is 12.1. The van der Waals surface area contributed by atoms with Crippen molar-refractivity contribution in [1.82, 2.24) is 0 Å². The van der Waals surface area contributed by atoms with E-state index in [2.05, 4.69) is 0 Å². The molecule has 0 atom stereocenters. The summed E-state index contributed by atoms with van der Waals surface area (Å²) >= 11 is 0. The number of hydrogen-bond acceptors (Lipinski definition) is 3. The maximum atomic E-state index is 12.6. The van der Waals surface area contributed by atoms with Crippen LogP contribution in [0, 0.1) is 0 Å². The Bertz CT molecular complexity index is 541. The molecule has 0 bridgehead atoms. The predicted octanol–water partition coefficient (Wildman–Crippen LogP) is 2.09. The number of hydrogen-bond donors (Lipinski definition) is 0. The van der Waals surface area contributed by atoms with Gasteiger partial charge in [0.2, 0.25) is 0 Å². The minimum Gasteiger partial charge on any atom is -0.463 e. The quantitative estimate of drug-likeness (QED) is 0.662. The van der Waals surface area contributed by atoms with Crippen molar-refractivity contribution < 1.29 is 16.7 Å². The van der Waals surface area contributed by atoms with Gasteiger partial charge in [-0.3, -0.25) is 0 Å². The van der Waals surface area contributed by atoms with Crippen LogP contribution in [0.15, 0.2) is 39.8 Å². The van der Waals surface area contributed by atoms with Gasteiger partial charge in [0.05, 0.1) is 6.26 Å². The van der Waals surface area contributed by atoms with E-state index >= 15 is 0 Å². The summed E-state index contributed by atoms with van der Waals surface area (Å²) in [4.78, 5) is -0.421. The molecule has 68 valence electrons. The van der Waals surface area contributed by atoms with Crippen LogP contribution < -0.4 is 0 Å². The van der Waals surface area contributed by atoms with Crippen molar-refractivity contribution in [3.05, 3.63) is 30.5 Å². The molecular formula is C8H5FO3S. The van der Waals surface area contributed by atoms with E-state index < -0.39 is 15.1 Å². The van der Waals surface area contributed by atoms with Crippen LogP contribution >= 0.6 is 0 Å². The van der Waals surface area contributed by atoms with Crippen LogP contribution in [0.4, 0.5) is 3.89 Å². The van der Waals surface area contributed by atoms with E-state index in [4.69, 9.17) is 4.42 Å². The largest absolute Gasteiger partial charge is 0.463 e. The lowest BCUT2D eigenvalue weighted by Gasteiger charge is -1.94. The predicted molar refractivity (Wildman–Crippen MR) is 44.5 cm³/mol. The SMILES string of the molecule is O=S(=O)(F)c1cccc2ccoc12. The van der Waals surface area contributed by atoms with Gasteiger partial charge in [0.1, 0.15) is 4.90 Å². The summed E-state index contributed by atoms with van der Waals surface area (Å²) in [6.45, 7) is 0. The zero-order valence-corrected chi connectivity index (χ0v) is 7.21. The summed E-state index contributed by atoms with van der Waals surface area (Å²) in [6.07, 6.45) is 1.32. The summed E-state index contributed by atoms with van der Waals surface area (Å²) in [5.74, 6) is 0. The first-order valence-electron chi connectivity index (χ1n) is 3.50. The molecule has 13 heavy (non-hydrogen) atoms. The number of fused-ring (bicyclic) bond motifs is 1. The van der Waals surface area contributed by atoms with Crippen LogP contribution in [0.5, 0.6) is 0 Å². The lowest BCUT2D eigenvalue weighted by atomic mass is 10.3. The molecule has 0 unspecified atom stereocenters. The van der Waals surface area contributed by atoms with Crippen LogP contribution in [-0.2, 0) is 10.2 Å². The Kier molecular flexibility index (Phi) is 1.63. The average molecular weight is 200 g/mol. The van der Waals surface area contributed by atoms with E-state index in [0.29, 0.717) is 5.39 Å². The zero-order valence-electron chi connectivity index (χ0n) is 6.40. The number of rotatable bonds is 1. The second-order valence-corrected chi connectivity index (χ2v) is 3.85. The third kappa shape index (κ3) is 1.31. The highest BCUT2D eigenvalue weighted by Gasteiger charge is 2.17. The van der Waals surface area contributed by atoms with Gasteiger partial charge < -0.3 is 4.42 Å². The Morgan fingerprint density at radius 3 is 2.69 bits per heavy atom. The van der Waals surface area contributed by atoms with Crippen molar-refractivity contribution in [2.24, 2.45) is 0 Å². The topological polar surface area (TPSA) is 47.3 Å². The van der Waals surface area contributed by atoms with Gasteiger partial charge >= 0.3 is 10.2 Å². The smallest absolute Gasteiger partial charge is 0.335 e. The van der Waals surface area contributed by atoms with E-state index in [1.807, 2.05) is 0 Å². The summed E-state index contributed by atoms with van der Waals surface area (Å²) in [5.41, 5.74) is 0.0602. The third-order valence-electron chi connectivity index (χ3n) is 1.71. The van der Waals surface area contributed by atoms with E-state index in [1.165, 1.54) is 18.4 Å². The molecule has 3 nitrogen and oxygen atoms in total.